The quantitative estimate of drug-likeness (QED) is 0.520. The van der Waals surface area contributed by atoms with Gasteiger partial charge in [0.1, 0.15) is 11.8 Å². The van der Waals surface area contributed by atoms with Crippen LogP contribution in [0.25, 0.3) is 11.4 Å². The first-order chi connectivity index (χ1) is 16.4. The minimum absolute atomic E-state index is 0.376. The lowest BCUT2D eigenvalue weighted by Gasteiger charge is -2.28. The summed E-state index contributed by atoms with van der Waals surface area (Å²) < 4.78 is 23.8. The summed E-state index contributed by atoms with van der Waals surface area (Å²) in [6, 6.07) is 10.4. The summed E-state index contributed by atoms with van der Waals surface area (Å²) in [6.07, 6.45) is 0. The SMILES string of the molecule is CCOc1ccccc1[C@H]1C(C(N)=O)=C(C)Nc2nc(-c3cc(OC)c(OC)c(OC)c3)nn21. The van der Waals surface area contributed by atoms with Crippen LogP contribution < -0.4 is 30.0 Å². The summed E-state index contributed by atoms with van der Waals surface area (Å²) in [4.78, 5) is 17.2. The first kappa shape index (κ1) is 23.0. The number of allylic oxidation sites excluding steroid dienone is 1. The van der Waals surface area contributed by atoms with Crippen molar-refractivity contribution in [2.24, 2.45) is 5.73 Å². The maximum Gasteiger partial charge on any atom is 0.248 e. The molecule has 1 atom stereocenters. The van der Waals surface area contributed by atoms with Gasteiger partial charge in [0, 0.05) is 16.8 Å². The van der Waals surface area contributed by atoms with Gasteiger partial charge in [-0.1, -0.05) is 18.2 Å². The number of nitrogens with one attached hydrogen (secondary N) is 1. The highest BCUT2D eigenvalue weighted by Crippen LogP contribution is 2.43. The zero-order valence-electron chi connectivity index (χ0n) is 19.7. The van der Waals surface area contributed by atoms with Gasteiger partial charge in [-0.15, -0.1) is 5.10 Å². The van der Waals surface area contributed by atoms with Gasteiger partial charge in [0.2, 0.25) is 17.6 Å². The molecule has 0 radical (unpaired) electrons. The molecule has 10 heteroatoms. The Morgan fingerprint density at radius 1 is 1.09 bits per heavy atom. The molecule has 0 fully saturated rings. The number of anilines is 1. The number of carbonyl (C=O) groups is 1. The van der Waals surface area contributed by atoms with Crippen LogP contribution in [-0.4, -0.2) is 48.6 Å². The predicted octanol–water partition coefficient (Wildman–Crippen LogP) is 3.14. The molecular formula is C24H27N5O5. The van der Waals surface area contributed by atoms with E-state index in [0.29, 0.717) is 58.2 Å². The third kappa shape index (κ3) is 3.87. The third-order valence-electron chi connectivity index (χ3n) is 5.55. The van der Waals surface area contributed by atoms with Crippen molar-refractivity contribution in [3.8, 4) is 34.4 Å². The Labute approximate surface area is 197 Å². The van der Waals surface area contributed by atoms with Crippen LogP contribution in [0.4, 0.5) is 5.95 Å². The maximum atomic E-state index is 12.5. The summed E-state index contributed by atoms with van der Waals surface area (Å²) in [5.74, 6) is 2.36. The van der Waals surface area contributed by atoms with Crippen LogP contribution in [0.3, 0.4) is 0 Å². The highest BCUT2D eigenvalue weighted by molar-refractivity contribution is 5.95. The lowest BCUT2D eigenvalue weighted by atomic mass is 9.94. The van der Waals surface area contributed by atoms with Crippen LogP contribution in [0.2, 0.25) is 0 Å². The number of carbonyl (C=O) groups excluding carboxylic acids is 1. The van der Waals surface area contributed by atoms with E-state index in [4.69, 9.17) is 29.8 Å². The van der Waals surface area contributed by atoms with Crippen LogP contribution in [0.5, 0.6) is 23.0 Å². The number of nitrogens with two attached hydrogens (primary N) is 1. The van der Waals surface area contributed by atoms with Gasteiger partial charge in [-0.25, -0.2) is 4.68 Å². The third-order valence-corrected chi connectivity index (χ3v) is 5.55. The molecule has 0 unspecified atom stereocenters. The van der Waals surface area contributed by atoms with Crippen LogP contribution in [0.15, 0.2) is 47.7 Å². The number of para-hydroxylation sites is 1. The topological polar surface area (TPSA) is 123 Å². The van der Waals surface area contributed by atoms with Gasteiger partial charge < -0.3 is 30.0 Å². The molecule has 1 aromatic heterocycles. The Morgan fingerprint density at radius 2 is 1.76 bits per heavy atom. The molecule has 10 nitrogen and oxygen atoms in total. The largest absolute Gasteiger partial charge is 0.494 e. The Balaban J connectivity index is 1.90. The zero-order valence-corrected chi connectivity index (χ0v) is 19.7. The van der Waals surface area contributed by atoms with E-state index < -0.39 is 11.9 Å². The van der Waals surface area contributed by atoms with E-state index in [0.717, 1.165) is 5.56 Å². The van der Waals surface area contributed by atoms with Crippen molar-refractivity contribution in [1.82, 2.24) is 14.8 Å². The number of primary amides is 1. The molecule has 0 spiro atoms. The number of benzene rings is 2. The molecule has 2 heterocycles. The van der Waals surface area contributed by atoms with E-state index in [1.54, 1.807) is 38.0 Å². The molecule has 3 aromatic rings. The van der Waals surface area contributed by atoms with Crippen molar-refractivity contribution in [1.29, 1.82) is 0 Å². The van der Waals surface area contributed by atoms with Crippen molar-refractivity contribution in [2.45, 2.75) is 19.9 Å². The molecule has 1 aliphatic heterocycles. The van der Waals surface area contributed by atoms with E-state index >= 15 is 0 Å². The van der Waals surface area contributed by atoms with E-state index in [1.807, 2.05) is 31.2 Å². The number of fused-ring (bicyclic) bond motifs is 1. The zero-order chi connectivity index (χ0) is 24.4. The molecule has 0 aliphatic carbocycles. The molecule has 0 saturated heterocycles. The van der Waals surface area contributed by atoms with Crippen molar-refractivity contribution in [3.63, 3.8) is 0 Å². The van der Waals surface area contributed by atoms with Crippen molar-refractivity contribution in [2.75, 3.05) is 33.3 Å². The second-order valence-electron chi connectivity index (χ2n) is 7.52. The number of aromatic nitrogens is 3. The summed E-state index contributed by atoms with van der Waals surface area (Å²) in [5, 5.41) is 7.90. The lowest BCUT2D eigenvalue weighted by Crippen LogP contribution is -2.32. The summed E-state index contributed by atoms with van der Waals surface area (Å²) in [5.41, 5.74) is 8.18. The second-order valence-corrected chi connectivity index (χ2v) is 7.52. The van der Waals surface area contributed by atoms with Crippen LogP contribution in [0.1, 0.15) is 25.5 Å². The number of hydrogen-bond acceptors (Lipinski definition) is 8. The minimum atomic E-state index is -0.625. The first-order valence-electron chi connectivity index (χ1n) is 10.7. The first-order valence-corrected chi connectivity index (χ1v) is 10.7. The molecule has 3 N–H and O–H groups in total. The van der Waals surface area contributed by atoms with Crippen LogP contribution >= 0.6 is 0 Å². The number of amides is 1. The fourth-order valence-corrected chi connectivity index (χ4v) is 4.08. The Kier molecular flexibility index (Phi) is 6.31. The molecule has 178 valence electrons. The van der Waals surface area contributed by atoms with Gasteiger partial charge in [-0.3, -0.25) is 4.79 Å². The molecule has 1 amide bonds. The van der Waals surface area contributed by atoms with Gasteiger partial charge in [-0.05, 0) is 32.0 Å². The Morgan fingerprint density at radius 3 is 2.35 bits per heavy atom. The molecule has 34 heavy (non-hydrogen) atoms. The van der Waals surface area contributed by atoms with Crippen molar-refractivity contribution in [3.05, 3.63) is 53.2 Å². The Bertz CT molecular complexity index is 1240. The number of methoxy groups -OCH3 is 3. The lowest BCUT2D eigenvalue weighted by molar-refractivity contribution is -0.115. The highest BCUT2D eigenvalue weighted by atomic mass is 16.5. The van der Waals surface area contributed by atoms with Gasteiger partial charge in [-0.2, -0.15) is 4.98 Å². The summed E-state index contributed by atoms with van der Waals surface area (Å²) in [6.45, 7) is 4.16. The standard InChI is InChI=1S/C24H27N5O5/c1-6-34-16-10-8-7-9-15(16)20-19(22(25)30)13(2)26-24-27-23(28-29(20)24)14-11-17(31-3)21(33-5)18(12-14)32-4/h7-12,20H,6H2,1-5H3,(H2,25,30)(H,26,27,28)/t20-/m0/s1. The molecular weight excluding hydrogens is 438 g/mol. The fourth-order valence-electron chi connectivity index (χ4n) is 4.08. The van der Waals surface area contributed by atoms with E-state index in [2.05, 4.69) is 10.3 Å². The smallest absolute Gasteiger partial charge is 0.248 e. The minimum Gasteiger partial charge on any atom is -0.494 e. The van der Waals surface area contributed by atoms with Crippen LogP contribution in [-0.2, 0) is 4.79 Å². The van der Waals surface area contributed by atoms with Gasteiger partial charge in [0.25, 0.3) is 0 Å². The maximum absolute atomic E-state index is 12.5. The molecule has 0 bridgehead atoms. The number of nitrogens with zero attached hydrogens (tertiary/aromatic N) is 3. The normalized spacial score (nSPS) is 14.8. The molecule has 2 aromatic carbocycles. The molecule has 4 rings (SSSR count). The predicted molar refractivity (Wildman–Crippen MR) is 126 cm³/mol. The second kappa shape index (κ2) is 9.34. The number of hydrogen-bond donors (Lipinski definition) is 2. The summed E-state index contributed by atoms with van der Waals surface area (Å²) in [7, 11) is 4.63. The monoisotopic (exact) mass is 465 g/mol. The van der Waals surface area contributed by atoms with E-state index in [-0.39, 0.29) is 0 Å². The average Bonchev–Trinajstić information content (AvgIpc) is 3.26. The number of rotatable bonds is 8. The number of ether oxygens (including phenoxy) is 4. The van der Waals surface area contributed by atoms with Crippen LogP contribution in [0, 0.1) is 0 Å². The molecule has 1 aliphatic rings. The van der Waals surface area contributed by atoms with Gasteiger partial charge >= 0.3 is 0 Å². The fraction of sp³-hybridized carbons (Fsp3) is 0.292. The summed E-state index contributed by atoms with van der Waals surface area (Å²) >= 11 is 0. The average molecular weight is 466 g/mol. The Hall–Kier alpha value is -4.21. The van der Waals surface area contributed by atoms with Gasteiger partial charge in [0.15, 0.2) is 17.3 Å². The van der Waals surface area contributed by atoms with E-state index in [9.17, 15) is 4.79 Å². The van der Waals surface area contributed by atoms with E-state index in [1.165, 1.54) is 7.11 Å². The van der Waals surface area contributed by atoms with Gasteiger partial charge in [0.05, 0.1) is 33.5 Å². The molecule has 0 saturated carbocycles. The van der Waals surface area contributed by atoms with Crippen molar-refractivity contribution >= 4 is 11.9 Å². The van der Waals surface area contributed by atoms with Crippen molar-refractivity contribution < 1.29 is 23.7 Å². The highest BCUT2D eigenvalue weighted by Gasteiger charge is 2.35.